The Bertz CT molecular complexity index is 359. The van der Waals surface area contributed by atoms with Gasteiger partial charge in [-0.2, -0.15) is 0 Å². The van der Waals surface area contributed by atoms with Crippen LogP contribution in [0, 0.1) is 0 Å². The molecular formula is C13H19NO3. The number of ether oxygens (including phenoxy) is 2. The minimum Gasteiger partial charge on any atom is -0.497 e. The molecule has 1 unspecified atom stereocenters. The van der Waals surface area contributed by atoms with Gasteiger partial charge in [0.15, 0.2) is 0 Å². The lowest BCUT2D eigenvalue weighted by Gasteiger charge is -2.19. The second kappa shape index (κ2) is 6.25. The molecule has 17 heavy (non-hydrogen) atoms. The van der Waals surface area contributed by atoms with Crippen LogP contribution in [0.2, 0.25) is 0 Å². The van der Waals surface area contributed by atoms with Crippen LogP contribution >= 0.6 is 0 Å². The maximum absolute atomic E-state index is 11.7. The molecule has 0 aliphatic heterocycles. The van der Waals surface area contributed by atoms with Crippen LogP contribution in [-0.2, 0) is 9.53 Å². The lowest BCUT2D eigenvalue weighted by Crippen LogP contribution is -2.34. The number of methoxy groups -OCH3 is 2. The molecule has 4 nitrogen and oxygen atoms in total. The predicted octanol–water partition coefficient (Wildman–Crippen LogP) is 1.91. The second-order valence-corrected chi connectivity index (χ2v) is 4.05. The van der Waals surface area contributed by atoms with Crippen molar-refractivity contribution < 1.29 is 14.3 Å². The van der Waals surface area contributed by atoms with Crippen LogP contribution in [0.5, 0.6) is 5.75 Å². The number of carbonyl (C=O) groups excluding carboxylic acids is 1. The van der Waals surface area contributed by atoms with Gasteiger partial charge in [0.1, 0.15) is 11.8 Å². The minimum absolute atomic E-state index is 0.196. The molecule has 1 atom stereocenters. The standard InChI is InChI=1S/C13H19NO3/c1-9(2)14-12(13(15)17-4)10-5-7-11(16-3)8-6-10/h5-9,12,14H,1-4H3. The molecule has 0 saturated heterocycles. The summed E-state index contributed by atoms with van der Waals surface area (Å²) in [4.78, 5) is 11.7. The molecule has 0 bridgehead atoms. The van der Waals surface area contributed by atoms with E-state index in [0.29, 0.717) is 0 Å². The van der Waals surface area contributed by atoms with Crippen molar-refractivity contribution in [3.05, 3.63) is 29.8 Å². The summed E-state index contributed by atoms with van der Waals surface area (Å²) < 4.78 is 9.87. The minimum atomic E-state index is -0.439. The van der Waals surface area contributed by atoms with Crippen molar-refractivity contribution in [2.75, 3.05) is 14.2 Å². The number of rotatable bonds is 5. The summed E-state index contributed by atoms with van der Waals surface area (Å²) in [6.45, 7) is 3.97. The molecule has 0 fully saturated rings. The van der Waals surface area contributed by atoms with Gasteiger partial charge in [-0.25, -0.2) is 4.79 Å². The fraction of sp³-hybridized carbons (Fsp3) is 0.462. The highest BCUT2D eigenvalue weighted by molar-refractivity contribution is 5.77. The number of carbonyl (C=O) groups is 1. The van der Waals surface area contributed by atoms with Gasteiger partial charge >= 0.3 is 5.97 Å². The average molecular weight is 237 g/mol. The third-order valence-corrected chi connectivity index (χ3v) is 2.39. The van der Waals surface area contributed by atoms with Crippen LogP contribution < -0.4 is 10.1 Å². The first-order valence-electron chi connectivity index (χ1n) is 5.56. The van der Waals surface area contributed by atoms with E-state index in [1.165, 1.54) is 7.11 Å². The first kappa shape index (κ1) is 13.5. The number of nitrogens with one attached hydrogen (secondary N) is 1. The van der Waals surface area contributed by atoms with Crippen molar-refractivity contribution in [3.8, 4) is 5.75 Å². The third-order valence-electron chi connectivity index (χ3n) is 2.39. The molecule has 94 valence electrons. The maximum atomic E-state index is 11.7. The van der Waals surface area contributed by atoms with Crippen molar-refractivity contribution >= 4 is 5.97 Å². The highest BCUT2D eigenvalue weighted by atomic mass is 16.5. The number of hydrogen-bond donors (Lipinski definition) is 1. The van der Waals surface area contributed by atoms with Crippen LogP contribution in [0.1, 0.15) is 25.5 Å². The highest BCUT2D eigenvalue weighted by Crippen LogP contribution is 2.19. The highest BCUT2D eigenvalue weighted by Gasteiger charge is 2.21. The van der Waals surface area contributed by atoms with E-state index >= 15 is 0 Å². The molecular weight excluding hydrogens is 218 g/mol. The third kappa shape index (κ3) is 3.75. The summed E-state index contributed by atoms with van der Waals surface area (Å²) in [5, 5.41) is 3.17. The van der Waals surface area contributed by atoms with Gasteiger partial charge in [-0.05, 0) is 31.5 Å². The van der Waals surface area contributed by atoms with Gasteiger partial charge in [-0.15, -0.1) is 0 Å². The quantitative estimate of drug-likeness (QED) is 0.795. The molecule has 1 rings (SSSR count). The summed E-state index contributed by atoms with van der Waals surface area (Å²) in [6.07, 6.45) is 0. The van der Waals surface area contributed by atoms with Crippen molar-refractivity contribution in [1.82, 2.24) is 5.32 Å². The SMILES string of the molecule is COC(=O)C(NC(C)C)c1ccc(OC)cc1. The molecule has 0 radical (unpaired) electrons. The maximum Gasteiger partial charge on any atom is 0.327 e. The van der Waals surface area contributed by atoms with Crippen molar-refractivity contribution in [2.45, 2.75) is 25.9 Å². The van der Waals surface area contributed by atoms with Gasteiger partial charge in [-0.1, -0.05) is 12.1 Å². The second-order valence-electron chi connectivity index (χ2n) is 4.05. The topological polar surface area (TPSA) is 47.6 Å². The Labute approximate surface area is 102 Å². The number of benzene rings is 1. The Morgan fingerprint density at radius 1 is 1.18 bits per heavy atom. The molecule has 4 heteroatoms. The van der Waals surface area contributed by atoms with Gasteiger partial charge in [0.05, 0.1) is 14.2 Å². The van der Waals surface area contributed by atoms with Crippen molar-refractivity contribution in [3.63, 3.8) is 0 Å². The smallest absolute Gasteiger partial charge is 0.327 e. The lowest BCUT2D eigenvalue weighted by atomic mass is 10.1. The van der Waals surface area contributed by atoms with Crippen LogP contribution in [-0.4, -0.2) is 26.2 Å². The van der Waals surface area contributed by atoms with Crippen LogP contribution in [0.25, 0.3) is 0 Å². The van der Waals surface area contributed by atoms with Crippen LogP contribution in [0.4, 0.5) is 0 Å². The summed E-state index contributed by atoms with van der Waals surface area (Å²) in [6, 6.07) is 7.12. The predicted molar refractivity (Wildman–Crippen MR) is 66.0 cm³/mol. The lowest BCUT2D eigenvalue weighted by molar-refractivity contribution is -0.143. The first-order valence-corrected chi connectivity index (χ1v) is 5.56. The molecule has 0 aliphatic rings. The zero-order valence-electron chi connectivity index (χ0n) is 10.7. The molecule has 1 N–H and O–H groups in total. The Morgan fingerprint density at radius 2 is 1.76 bits per heavy atom. The summed E-state index contributed by atoms with van der Waals surface area (Å²) in [7, 11) is 3.00. The zero-order chi connectivity index (χ0) is 12.8. The molecule has 1 aromatic carbocycles. The first-order chi connectivity index (χ1) is 8.08. The molecule has 1 aromatic rings. The molecule has 0 heterocycles. The largest absolute Gasteiger partial charge is 0.497 e. The van der Waals surface area contributed by atoms with E-state index in [0.717, 1.165) is 11.3 Å². The van der Waals surface area contributed by atoms with Crippen molar-refractivity contribution in [2.24, 2.45) is 0 Å². The van der Waals surface area contributed by atoms with E-state index in [1.807, 2.05) is 38.1 Å². The van der Waals surface area contributed by atoms with Gasteiger partial charge in [0.25, 0.3) is 0 Å². The monoisotopic (exact) mass is 237 g/mol. The van der Waals surface area contributed by atoms with Crippen LogP contribution in [0.3, 0.4) is 0 Å². The Balaban J connectivity index is 2.91. The Hall–Kier alpha value is -1.55. The van der Waals surface area contributed by atoms with E-state index in [9.17, 15) is 4.79 Å². The van der Waals surface area contributed by atoms with Gasteiger partial charge in [0, 0.05) is 6.04 Å². The fourth-order valence-electron chi connectivity index (χ4n) is 1.55. The van der Waals surface area contributed by atoms with Gasteiger partial charge in [0.2, 0.25) is 0 Å². The van der Waals surface area contributed by atoms with E-state index < -0.39 is 6.04 Å². The Morgan fingerprint density at radius 3 is 2.18 bits per heavy atom. The molecule has 0 spiro atoms. The summed E-state index contributed by atoms with van der Waals surface area (Å²) in [5.74, 6) is 0.478. The summed E-state index contributed by atoms with van der Waals surface area (Å²) in [5.41, 5.74) is 0.867. The fourth-order valence-corrected chi connectivity index (χ4v) is 1.55. The zero-order valence-corrected chi connectivity index (χ0v) is 10.7. The van der Waals surface area contributed by atoms with Gasteiger partial charge in [-0.3, -0.25) is 5.32 Å². The number of hydrogen-bond acceptors (Lipinski definition) is 4. The average Bonchev–Trinajstić information content (AvgIpc) is 2.35. The van der Waals surface area contributed by atoms with E-state index in [4.69, 9.17) is 9.47 Å². The normalized spacial score (nSPS) is 12.3. The summed E-state index contributed by atoms with van der Waals surface area (Å²) >= 11 is 0. The Kier molecular flexibility index (Phi) is 4.97. The molecule has 0 saturated carbocycles. The molecule has 0 aliphatic carbocycles. The number of esters is 1. The molecule has 0 amide bonds. The molecule has 0 aromatic heterocycles. The van der Waals surface area contributed by atoms with Crippen molar-refractivity contribution in [1.29, 1.82) is 0 Å². The van der Waals surface area contributed by atoms with E-state index in [2.05, 4.69) is 5.32 Å². The van der Waals surface area contributed by atoms with Crippen LogP contribution in [0.15, 0.2) is 24.3 Å². The van der Waals surface area contributed by atoms with Gasteiger partial charge < -0.3 is 9.47 Å². The van der Waals surface area contributed by atoms with E-state index in [1.54, 1.807) is 7.11 Å². The van der Waals surface area contributed by atoms with E-state index in [-0.39, 0.29) is 12.0 Å².